The van der Waals surface area contributed by atoms with Crippen molar-refractivity contribution >= 4 is 15.7 Å². The van der Waals surface area contributed by atoms with Crippen LogP contribution in [0.15, 0.2) is 0 Å². The fraction of sp³-hybridized carbons (Fsp3) is 1.00. The van der Waals surface area contributed by atoms with E-state index in [1.54, 1.807) is 6.92 Å². The van der Waals surface area contributed by atoms with Crippen molar-refractivity contribution in [3.05, 3.63) is 0 Å². The lowest BCUT2D eigenvalue weighted by Gasteiger charge is -2.37. The van der Waals surface area contributed by atoms with E-state index in [0.29, 0.717) is 14.0 Å². The summed E-state index contributed by atoms with van der Waals surface area (Å²) >= 11 is 0. The van der Waals surface area contributed by atoms with Gasteiger partial charge >= 0.3 is 0 Å². The van der Waals surface area contributed by atoms with Crippen molar-refractivity contribution in [3.8, 4) is 0 Å². The van der Waals surface area contributed by atoms with Crippen molar-refractivity contribution in [2.24, 2.45) is 11.8 Å². The second-order valence-electron chi connectivity index (χ2n) is 7.13. The van der Waals surface area contributed by atoms with Gasteiger partial charge in [0.25, 0.3) is 0 Å². The zero-order chi connectivity index (χ0) is 16.0. The molecule has 0 heterocycles. The molecule has 20 heavy (non-hydrogen) atoms. The first-order chi connectivity index (χ1) is 9.03. The van der Waals surface area contributed by atoms with Crippen LogP contribution in [0.3, 0.4) is 0 Å². The van der Waals surface area contributed by atoms with Gasteiger partial charge in [0.15, 0.2) is 8.32 Å². The smallest absolute Gasteiger partial charge is 0.219 e. The summed E-state index contributed by atoms with van der Waals surface area (Å²) in [5.74, 6) is 5.29. The molecule has 7 heteroatoms. The zero-order valence-electron chi connectivity index (χ0n) is 13.9. The monoisotopic (exact) mass is 304 g/mol. The lowest BCUT2D eigenvalue weighted by atomic mass is 9.76. The molecule has 5 nitrogen and oxygen atoms in total. The molecule has 0 bridgehead atoms. The Morgan fingerprint density at radius 1 is 1.30 bits per heavy atom. The first-order valence-corrected chi connectivity index (χ1v) is 10.4. The number of hydrogen-bond donors (Lipinski definition) is 4. The van der Waals surface area contributed by atoms with Crippen LogP contribution in [0.5, 0.6) is 0 Å². The molecule has 0 radical (unpaired) electrons. The molecule has 0 spiro atoms. The van der Waals surface area contributed by atoms with Crippen molar-refractivity contribution in [1.82, 2.24) is 5.34 Å². The van der Waals surface area contributed by atoms with Crippen molar-refractivity contribution in [3.63, 3.8) is 0 Å². The van der Waals surface area contributed by atoms with Crippen molar-refractivity contribution < 1.29 is 14.6 Å². The van der Waals surface area contributed by atoms with E-state index in [4.69, 9.17) is 10.3 Å². The van der Waals surface area contributed by atoms with E-state index >= 15 is 0 Å². The minimum atomic E-state index is -1.75. The van der Waals surface area contributed by atoms with Gasteiger partial charge in [-0.3, -0.25) is 5.84 Å². The molecule has 0 amide bonds. The van der Waals surface area contributed by atoms with Crippen LogP contribution in [0.25, 0.3) is 0 Å². The minimum absolute atomic E-state index is 0.00387. The molecule has 0 saturated heterocycles. The Balaban J connectivity index is 4.40. The Labute approximate surface area is 125 Å². The Morgan fingerprint density at radius 2 is 1.85 bits per heavy atom. The molecule has 0 aliphatic heterocycles. The first-order valence-electron chi connectivity index (χ1n) is 7.46. The van der Waals surface area contributed by atoms with Crippen LogP contribution >= 0.6 is 0 Å². The topological polar surface area (TPSA) is 87.7 Å². The Morgan fingerprint density at radius 3 is 2.25 bits per heavy atom. The minimum Gasteiger partial charge on any atom is -0.417 e. The fourth-order valence-corrected chi connectivity index (χ4v) is 2.89. The van der Waals surface area contributed by atoms with E-state index < -0.39 is 20.5 Å². The molecule has 0 aromatic heterocycles. The molecule has 120 valence electrons. The van der Waals surface area contributed by atoms with Gasteiger partial charge < -0.3 is 20.0 Å². The summed E-state index contributed by atoms with van der Waals surface area (Å²) in [5, 5.41) is 22.4. The molecule has 0 fully saturated rings. The highest BCUT2D eigenvalue weighted by molar-refractivity contribution is 6.74. The van der Waals surface area contributed by atoms with Gasteiger partial charge in [-0.05, 0) is 37.4 Å². The molecule has 5 N–H and O–H groups in total. The standard InChI is InChI=1S/C13H33BN2O3Si/c1-10(17)12(18)11(9-14-16-15)7-8-19-20(5,6)13(2,3)4/h10-12,14,16-18H,7-9,15H2,1-6H3/t10-,11-,12-/m1/s1. The second kappa shape index (κ2) is 8.51. The maximum atomic E-state index is 10.0. The summed E-state index contributed by atoms with van der Waals surface area (Å²) in [4.78, 5) is 0. The van der Waals surface area contributed by atoms with Crippen LogP contribution in [0.1, 0.15) is 34.1 Å². The molecule has 0 saturated carbocycles. The third-order valence-corrected chi connectivity index (χ3v) is 8.93. The Hall–Kier alpha value is 0.0818. The van der Waals surface area contributed by atoms with E-state index in [1.165, 1.54) is 0 Å². The lowest BCUT2D eigenvalue weighted by molar-refractivity contribution is -0.00776. The third kappa shape index (κ3) is 6.69. The molecule has 0 aliphatic carbocycles. The number of hydrazine groups is 1. The molecular weight excluding hydrogens is 271 g/mol. The van der Waals surface area contributed by atoms with Crippen molar-refractivity contribution in [2.45, 2.75) is 70.8 Å². The predicted molar refractivity (Wildman–Crippen MR) is 88.2 cm³/mol. The summed E-state index contributed by atoms with van der Waals surface area (Å²) in [7, 11) is -1.13. The SMILES string of the molecule is C[C@@H](O)[C@@H](O)[C@@H](CBNN)CCO[Si](C)(C)C(C)(C)C. The highest BCUT2D eigenvalue weighted by Gasteiger charge is 2.37. The highest BCUT2D eigenvalue weighted by atomic mass is 28.4. The van der Waals surface area contributed by atoms with Gasteiger partial charge in [0.1, 0.15) is 0 Å². The maximum Gasteiger partial charge on any atom is 0.219 e. The van der Waals surface area contributed by atoms with Crippen LogP contribution in [0, 0.1) is 5.92 Å². The number of aliphatic hydroxyl groups is 2. The quantitative estimate of drug-likeness (QED) is 0.290. The summed E-state index contributed by atoms with van der Waals surface area (Å²) < 4.78 is 6.13. The van der Waals surface area contributed by atoms with E-state index in [0.717, 1.165) is 12.7 Å². The number of aliphatic hydroxyl groups excluding tert-OH is 2. The third-order valence-electron chi connectivity index (χ3n) is 4.39. The summed E-state index contributed by atoms with van der Waals surface area (Å²) in [6, 6.07) is 0. The Kier molecular flexibility index (Phi) is 8.54. The van der Waals surface area contributed by atoms with Crippen LogP contribution in [-0.4, -0.2) is 44.8 Å². The maximum absolute atomic E-state index is 10.0. The normalized spacial score (nSPS) is 17.6. The van der Waals surface area contributed by atoms with Crippen molar-refractivity contribution in [2.75, 3.05) is 6.61 Å². The summed E-state index contributed by atoms with van der Waals surface area (Å²) in [5.41, 5.74) is 0. The van der Waals surface area contributed by atoms with Gasteiger partial charge in [0.2, 0.25) is 7.41 Å². The van der Waals surface area contributed by atoms with E-state index in [-0.39, 0.29) is 11.0 Å². The van der Waals surface area contributed by atoms with E-state index in [9.17, 15) is 10.2 Å². The van der Waals surface area contributed by atoms with E-state index in [2.05, 4.69) is 39.2 Å². The van der Waals surface area contributed by atoms with Gasteiger partial charge in [-0.2, -0.15) is 0 Å². The summed E-state index contributed by atoms with van der Waals surface area (Å²) in [6.07, 6.45) is 0.000889. The highest BCUT2D eigenvalue weighted by Crippen LogP contribution is 2.36. The van der Waals surface area contributed by atoms with Crippen molar-refractivity contribution in [1.29, 1.82) is 0 Å². The van der Waals surface area contributed by atoms with Crippen LogP contribution in [0.4, 0.5) is 0 Å². The lowest BCUT2D eigenvalue weighted by Crippen LogP contribution is -2.42. The summed E-state index contributed by atoms with van der Waals surface area (Å²) in [6.45, 7) is 13.3. The molecule has 0 aromatic carbocycles. The average molecular weight is 304 g/mol. The van der Waals surface area contributed by atoms with Crippen LogP contribution in [-0.2, 0) is 4.43 Å². The number of nitrogens with one attached hydrogen (secondary N) is 1. The molecule has 0 aromatic rings. The van der Waals surface area contributed by atoms with Crippen LogP contribution < -0.4 is 11.2 Å². The molecular formula is C13H33BN2O3Si. The predicted octanol–water partition coefficient (Wildman–Crippen LogP) is 0.989. The number of nitrogens with two attached hydrogens (primary N) is 1. The molecule has 0 aliphatic rings. The van der Waals surface area contributed by atoms with Gasteiger partial charge in [-0.15, -0.1) is 0 Å². The Bertz CT molecular complexity index is 273. The second-order valence-corrected chi connectivity index (χ2v) is 11.9. The van der Waals surface area contributed by atoms with Gasteiger partial charge in [-0.1, -0.05) is 27.1 Å². The number of hydrogen-bond acceptors (Lipinski definition) is 5. The van der Waals surface area contributed by atoms with Gasteiger partial charge in [-0.25, -0.2) is 0 Å². The van der Waals surface area contributed by atoms with Gasteiger partial charge in [0.05, 0.1) is 12.2 Å². The first kappa shape index (κ1) is 20.1. The molecule has 3 atom stereocenters. The largest absolute Gasteiger partial charge is 0.417 e. The van der Waals surface area contributed by atoms with E-state index in [1.807, 2.05) is 0 Å². The zero-order valence-corrected chi connectivity index (χ0v) is 14.9. The van der Waals surface area contributed by atoms with Crippen LogP contribution in [0.2, 0.25) is 24.5 Å². The average Bonchev–Trinajstić information content (AvgIpc) is 2.30. The fourth-order valence-electron chi connectivity index (χ4n) is 1.83. The number of rotatable bonds is 9. The molecule has 0 rings (SSSR count). The van der Waals surface area contributed by atoms with Gasteiger partial charge in [0, 0.05) is 6.61 Å². The molecule has 0 unspecified atom stereocenters.